The summed E-state index contributed by atoms with van der Waals surface area (Å²) >= 11 is 1.68. The molecule has 25 heavy (non-hydrogen) atoms. The Hall–Kier alpha value is -1.44. The fraction of sp³-hybridized carbons (Fsp3) is 0.333. The first-order chi connectivity index (χ1) is 11.9. The van der Waals surface area contributed by atoms with E-state index < -0.39 is 26.6 Å². The first kappa shape index (κ1) is 18.4. The van der Waals surface area contributed by atoms with Crippen LogP contribution in [0.15, 0.2) is 47.4 Å². The zero-order valence-corrected chi connectivity index (χ0v) is 15.4. The highest BCUT2D eigenvalue weighted by Gasteiger charge is 2.32. The molecule has 0 spiro atoms. The second-order valence-electron chi connectivity index (χ2n) is 5.96. The molecule has 7 heteroatoms. The van der Waals surface area contributed by atoms with Gasteiger partial charge in [-0.2, -0.15) is 16.1 Å². The van der Waals surface area contributed by atoms with Gasteiger partial charge in [0.15, 0.2) is 4.90 Å². The molecule has 2 aromatic carbocycles. The lowest BCUT2D eigenvalue weighted by molar-refractivity contribution is 0.417. The van der Waals surface area contributed by atoms with Crippen LogP contribution >= 0.6 is 11.8 Å². The number of rotatable bonds is 3. The molecule has 134 valence electrons. The number of halogens is 2. The van der Waals surface area contributed by atoms with Gasteiger partial charge in [0.2, 0.25) is 10.0 Å². The number of aryl methyl sites for hydroxylation is 1. The SMILES string of the molecule is Cc1ccccc1[C@H]1CCN(S(=O)(=O)c2c(F)cccc2F)CCS1. The molecular weight excluding hydrogens is 364 g/mol. The number of benzene rings is 2. The molecule has 0 bridgehead atoms. The van der Waals surface area contributed by atoms with Gasteiger partial charge in [0.05, 0.1) is 0 Å². The van der Waals surface area contributed by atoms with Crippen LogP contribution in [0.25, 0.3) is 0 Å². The molecule has 1 atom stereocenters. The standard InChI is InChI=1S/C18H19F2NO2S2/c1-13-5-2-3-6-14(13)17-9-10-21(11-12-24-17)25(22,23)18-15(19)7-4-8-16(18)20/h2-8,17H,9-12H2,1H3/t17-/m1/s1. The van der Waals surface area contributed by atoms with E-state index in [1.807, 2.05) is 31.2 Å². The van der Waals surface area contributed by atoms with E-state index in [9.17, 15) is 17.2 Å². The molecule has 1 aliphatic heterocycles. The quantitative estimate of drug-likeness (QED) is 0.799. The van der Waals surface area contributed by atoms with E-state index in [0.717, 1.165) is 23.8 Å². The topological polar surface area (TPSA) is 37.4 Å². The van der Waals surface area contributed by atoms with Crippen molar-refractivity contribution in [3.8, 4) is 0 Å². The molecule has 1 heterocycles. The largest absolute Gasteiger partial charge is 0.248 e. The van der Waals surface area contributed by atoms with Crippen molar-refractivity contribution in [1.82, 2.24) is 4.31 Å². The Balaban J connectivity index is 1.85. The van der Waals surface area contributed by atoms with Crippen LogP contribution < -0.4 is 0 Å². The predicted octanol–water partition coefficient (Wildman–Crippen LogP) is 4.14. The van der Waals surface area contributed by atoms with Gasteiger partial charge < -0.3 is 0 Å². The normalized spacial score (nSPS) is 19.6. The van der Waals surface area contributed by atoms with Crippen molar-refractivity contribution in [3.63, 3.8) is 0 Å². The van der Waals surface area contributed by atoms with E-state index in [1.165, 1.54) is 9.87 Å². The third kappa shape index (κ3) is 3.73. The Kier molecular flexibility index (Phi) is 5.46. The van der Waals surface area contributed by atoms with Gasteiger partial charge in [0.1, 0.15) is 11.6 Å². The minimum Gasteiger partial charge on any atom is -0.207 e. The first-order valence-corrected chi connectivity index (χ1v) is 10.5. The van der Waals surface area contributed by atoms with E-state index in [2.05, 4.69) is 0 Å². The monoisotopic (exact) mass is 383 g/mol. The summed E-state index contributed by atoms with van der Waals surface area (Å²) in [6.07, 6.45) is 0.602. The van der Waals surface area contributed by atoms with E-state index in [1.54, 1.807) is 11.8 Å². The maximum absolute atomic E-state index is 13.9. The van der Waals surface area contributed by atoms with Gasteiger partial charge in [0.25, 0.3) is 0 Å². The number of sulfonamides is 1. The first-order valence-electron chi connectivity index (χ1n) is 8.02. The van der Waals surface area contributed by atoms with Crippen molar-refractivity contribution >= 4 is 21.8 Å². The fourth-order valence-corrected chi connectivity index (χ4v) is 6.05. The molecule has 0 unspecified atom stereocenters. The van der Waals surface area contributed by atoms with Crippen LogP contribution in [0.3, 0.4) is 0 Å². The minimum absolute atomic E-state index is 0.173. The lowest BCUT2D eigenvalue weighted by atomic mass is 10.0. The molecule has 1 fully saturated rings. The summed E-state index contributed by atoms with van der Waals surface area (Å²) in [4.78, 5) is -0.852. The predicted molar refractivity (Wildman–Crippen MR) is 96.1 cm³/mol. The summed E-state index contributed by atoms with van der Waals surface area (Å²) in [5.41, 5.74) is 2.35. The van der Waals surface area contributed by atoms with Crippen LogP contribution in [0.4, 0.5) is 8.78 Å². The van der Waals surface area contributed by atoms with Crippen molar-refractivity contribution < 1.29 is 17.2 Å². The molecule has 0 aromatic heterocycles. The van der Waals surface area contributed by atoms with Crippen LogP contribution in [-0.2, 0) is 10.0 Å². The Morgan fingerprint density at radius 1 is 1.04 bits per heavy atom. The Bertz CT molecular complexity index is 851. The van der Waals surface area contributed by atoms with Crippen molar-refractivity contribution in [3.05, 3.63) is 65.2 Å². The second-order valence-corrected chi connectivity index (χ2v) is 9.14. The van der Waals surface area contributed by atoms with Crippen LogP contribution in [0.5, 0.6) is 0 Å². The minimum atomic E-state index is -4.19. The van der Waals surface area contributed by atoms with Crippen LogP contribution in [0.1, 0.15) is 22.8 Å². The maximum atomic E-state index is 13.9. The number of nitrogens with zero attached hydrogens (tertiary/aromatic N) is 1. The molecule has 3 rings (SSSR count). The summed E-state index contributed by atoms with van der Waals surface area (Å²) in [6, 6.07) is 11.1. The van der Waals surface area contributed by atoms with Gasteiger partial charge >= 0.3 is 0 Å². The van der Waals surface area contributed by atoms with E-state index in [-0.39, 0.29) is 18.3 Å². The summed E-state index contributed by atoms with van der Waals surface area (Å²) in [5, 5.41) is 0.173. The van der Waals surface area contributed by atoms with Gasteiger partial charge in [-0.15, -0.1) is 0 Å². The lowest BCUT2D eigenvalue weighted by Gasteiger charge is -2.21. The third-order valence-electron chi connectivity index (χ3n) is 4.35. The second kappa shape index (κ2) is 7.43. The third-order valence-corrected chi connectivity index (χ3v) is 7.61. The van der Waals surface area contributed by atoms with Gasteiger partial charge in [-0.1, -0.05) is 30.3 Å². The number of thioether (sulfide) groups is 1. The Labute approximate surface area is 151 Å². The Morgan fingerprint density at radius 2 is 1.72 bits per heavy atom. The van der Waals surface area contributed by atoms with Gasteiger partial charge in [0, 0.05) is 24.1 Å². The molecule has 0 N–H and O–H groups in total. The molecule has 0 saturated carbocycles. The molecule has 0 radical (unpaired) electrons. The molecule has 0 aliphatic carbocycles. The van der Waals surface area contributed by atoms with Gasteiger partial charge in [-0.3, -0.25) is 0 Å². The maximum Gasteiger partial charge on any atom is 0.248 e. The van der Waals surface area contributed by atoms with Crippen molar-refractivity contribution in [1.29, 1.82) is 0 Å². The lowest BCUT2D eigenvalue weighted by Crippen LogP contribution is -2.34. The number of hydrogen-bond acceptors (Lipinski definition) is 3. The van der Waals surface area contributed by atoms with Gasteiger partial charge in [-0.05, 0) is 36.6 Å². The average Bonchev–Trinajstić information content (AvgIpc) is 2.81. The zero-order valence-electron chi connectivity index (χ0n) is 13.8. The molecular formula is C18H19F2NO2S2. The van der Waals surface area contributed by atoms with Gasteiger partial charge in [-0.25, -0.2) is 17.2 Å². The highest BCUT2D eigenvalue weighted by atomic mass is 32.2. The van der Waals surface area contributed by atoms with Crippen LogP contribution in [-0.4, -0.2) is 31.6 Å². The molecule has 0 amide bonds. The van der Waals surface area contributed by atoms with Crippen molar-refractivity contribution in [2.24, 2.45) is 0 Å². The van der Waals surface area contributed by atoms with Crippen molar-refractivity contribution in [2.45, 2.75) is 23.5 Å². The Morgan fingerprint density at radius 3 is 2.40 bits per heavy atom. The highest BCUT2D eigenvalue weighted by Crippen LogP contribution is 2.37. The smallest absolute Gasteiger partial charge is 0.207 e. The summed E-state index contributed by atoms with van der Waals surface area (Å²) in [7, 11) is -4.19. The zero-order chi connectivity index (χ0) is 18.0. The summed E-state index contributed by atoms with van der Waals surface area (Å²) < 4.78 is 54.5. The van der Waals surface area contributed by atoms with Crippen LogP contribution in [0.2, 0.25) is 0 Å². The van der Waals surface area contributed by atoms with E-state index >= 15 is 0 Å². The fourth-order valence-electron chi connectivity index (χ4n) is 3.04. The van der Waals surface area contributed by atoms with E-state index in [4.69, 9.17) is 0 Å². The number of hydrogen-bond donors (Lipinski definition) is 0. The average molecular weight is 383 g/mol. The molecule has 3 nitrogen and oxygen atoms in total. The van der Waals surface area contributed by atoms with E-state index in [0.29, 0.717) is 12.2 Å². The summed E-state index contributed by atoms with van der Waals surface area (Å²) in [5.74, 6) is -1.52. The molecule has 2 aromatic rings. The highest BCUT2D eigenvalue weighted by molar-refractivity contribution is 7.99. The molecule has 1 saturated heterocycles. The molecule has 1 aliphatic rings. The van der Waals surface area contributed by atoms with Crippen molar-refractivity contribution in [2.75, 3.05) is 18.8 Å². The van der Waals surface area contributed by atoms with Crippen LogP contribution in [0, 0.1) is 18.6 Å². The summed E-state index contributed by atoms with van der Waals surface area (Å²) in [6.45, 7) is 2.51.